The minimum Gasteiger partial charge on any atom is -0.493 e. The van der Waals surface area contributed by atoms with Gasteiger partial charge in [-0.2, -0.15) is 5.10 Å². The van der Waals surface area contributed by atoms with E-state index in [1.807, 2.05) is 31.2 Å². The number of rotatable bonds is 8. The standard InChI is InChI=1S/C20H25N3O4/c1-13-7-6-8-16(9-13)22-14(2)20(24)23-21-12-15-10-17(25-3)19(27-5)18(11-15)26-4/h6-12,14,22H,1-5H3,(H,23,24)/b21-12-/t14-/m1/s1. The summed E-state index contributed by atoms with van der Waals surface area (Å²) in [6.45, 7) is 3.77. The lowest BCUT2D eigenvalue weighted by Gasteiger charge is -2.14. The topological polar surface area (TPSA) is 81.2 Å². The molecule has 0 unspecified atom stereocenters. The lowest BCUT2D eigenvalue weighted by molar-refractivity contribution is -0.121. The number of anilines is 1. The SMILES string of the molecule is COc1cc(/C=N\NC(=O)[C@@H](C)Nc2cccc(C)c2)cc(OC)c1OC. The molecule has 27 heavy (non-hydrogen) atoms. The van der Waals surface area contributed by atoms with E-state index in [1.165, 1.54) is 13.3 Å². The van der Waals surface area contributed by atoms with Gasteiger partial charge in [0, 0.05) is 11.3 Å². The molecule has 2 rings (SSSR count). The van der Waals surface area contributed by atoms with Crippen molar-refractivity contribution < 1.29 is 19.0 Å². The molecule has 1 atom stereocenters. The van der Waals surface area contributed by atoms with Gasteiger partial charge in [0.15, 0.2) is 11.5 Å². The van der Waals surface area contributed by atoms with Crippen LogP contribution in [0.2, 0.25) is 0 Å². The van der Waals surface area contributed by atoms with Gasteiger partial charge < -0.3 is 19.5 Å². The summed E-state index contributed by atoms with van der Waals surface area (Å²) in [5, 5.41) is 7.15. The van der Waals surface area contributed by atoms with Crippen LogP contribution in [0.4, 0.5) is 5.69 Å². The molecule has 0 aliphatic heterocycles. The molecule has 1 amide bonds. The van der Waals surface area contributed by atoms with Gasteiger partial charge in [-0.3, -0.25) is 4.79 Å². The molecule has 0 heterocycles. The minimum atomic E-state index is -0.441. The Bertz CT molecular complexity index is 796. The molecule has 7 heteroatoms. The number of nitrogens with zero attached hydrogens (tertiary/aromatic N) is 1. The maximum absolute atomic E-state index is 12.2. The number of hydrazone groups is 1. The number of hydrogen-bond donors (Lipinski definition) is 2. The Labute approximate surface area is 159 Å². The summed E-state index contributed by atoms with van der Waals surface area (Å²) in [6, 6.07) is 10.9. The second-order valence-electron chi connectivity index (χ2n) is 5.93. The maximum Gasteiger partial charge on any atom is 0.262 e. The normalized spacial score (nSPS) is 11.7. The molecule has 0 bridgehead atoms. The zero-order valence-electron chi connectivity index (χ0n) is 16.2. The second-order valence-corrected chi connectivity index (χ2v) is 5.93. The van der Waals surface area contributed by atoms with Crippen LogP contribution in [0.5, 0.6) is 17.2 Å². The van der Waals surface area contributed by atoms with Crippen LogP contribution < -0.4 is 25.0 Å². The summed E-state index contributed by atoms with van der Waals surface area (Å²) < 4.78 is 15.9. The third kappa shape index (κ3) is 5.37. The van der Waals surface area contributed by atoms with Crippen LogP contribution in [0.1, 0.15) is 18.1 Å². The Morgan fingerprint density at radius 1 is 1.07 bits per heavy atom. The van der Waals surface area contributed by atoms with E-state index < -0.39 is 6.04 Å². The van der Waals surface area contributed by atoms with Gasteiger partial charge in [0.05, 0.1) is 27.5 Å². The van der Waals surface area contributed by atoms with Crippen LogP contribution in [0.3, 0.4) is 0 Å². The van der Waals surface area contributed by atoms with Gasteiger partial charge >= 0.3 is 0 Å². The van der Waals surface area contributed by atoms with Crippen LogP contribution in [-0.4, -0.2) is 39.5 Å². The average Bonchev–Trinajstić information content (AvgIpc) is 2.66. The van der Waals surface area contributed by atoms with E-state index >= 15 is 0 Å². The number of aryl methyl sites for hydroxylation is 1. The summed E-state index contributed by atoms with van der Waals surface area (Å²) in [5.41, 5.74) is 5.22. The first-order valence-corrected chi connectivity index (χ1v) is 8.44. The van der Waals surface area contributed by atoms with Gasteiger partial charge in [0.2, 0.25) is 5.75 Å². The second kappa shape index (κ2) is 9.47. The summed E-state index contributed by atoms with van der Waals surface area (Å²) in [6.07, 6.45) is 1.52. The van der Waals surface area contributed by atoms with Crippen molar-refractivity contribution in [3.8, 4) is 17.2 Å². The zero-order valence-corrected chi connectivity index (χ0v) is 16.2. The highest BCUT2D eigenvalue weighted by Gasteiger charge is 2.13. The van der Waals surface area contributed by atoms with Gasteiger partial charge in [-0.15, -0.1) is 0 Å². The number of amides is 1. The van der Waals surface area contributed by atoms with E-state index in [9.17, 15) is 4.79 Å². The van der Waals surface area contributed by atoms with Gasteiger partial charge in [-0.1, -0.05) is 12.1 Å². The summed E-state index contributed by atoms with van der Waals surface area (Å²) in [4.78, 5) is 12.2. The fourth-order valence-corrected chi connectivity index (χ4v) is 2.49. The molecule has 2 aromatic carbocycles. The fraction of sp³-hybridized carbons (Fsp3) is 0.300. The van der Waals surface area contributed by atoms with Crippen LogP contribution in [0.15, 0.2) is 41.5 Å². The van der Waals surface area contributed by atoms with E-state index in [2.05, 4.69) is 15.8 Å². The first-order chi connectivity index (χ1) is 13.0. The fourth-order valence-electron chi connectivity index (χ4n) is 2.49. The van der Waals surface area contributed by atoms with Crippen LogP contribution in [0, 0.1) is 6.92 Å². The molecule has 0 aliphatic rings. The molecule has 144 valence electrons. The Balaban J connectivity index is 2.02. The number of hydrogen-bond acceptors (Lipinski definition) is 6. The molecule has 2 aromatic rings. The molecule has 0 spiro atoms. The molecular formula is C20H25N3O4. The third-order valence-corrected chi connectivity index (χ3v) is 3.87. The highest BCUT2D eigenvalue weighted by atomic mass is 16.5. The number of methoxy groups -OCH3 is 3. The van der Waals surface area contributed by atoms with Gasteiger partial charge in [0.1, 0.15) is 6.04 Å². The molecule has 0 fully saturated rings. The highest BCUT2D eigenvalue weighted by Crippen LogP contribution is 2.37. The van der Waals surface area contributed by atoms with E-state index in [0.29, 0.717) is 22.8 Å². The molecule has 0 saturated carbocycles. The predicted molar refractivity (Wildman–Crippen MR) is 106 cm³/mol. The van der Waals surface area contributed by atoms with Crippen molar-refractivity contribution in [2.45, 2.75) is 19.9 Å². The Morgan fingerprint density at radius 2 is 1.74 bits per heavy atom. The number of nitrogens with one attached hydrogen (secondary N) is 2. The number of ether oxygens (including phenoxy) is 3. The molecule has 0 radical (unpaired) electrons. The lowest BCUT2D eigenvalue weighted by Crippen LogP contribution is -2.34. The Kier molecular flexibility index (Phi) is 7.05. The van der Waals surface area contributed by atoms with Crippen molar-refractivity contribution in [2.24, 2.45) is 5.10 Å². The summed E-state index contributed by atoms with van der Waals surface area (Å²) in [5.74, 6) is 1.27. The lowest BCUT2D eigenvalue weighted by atomic mass is 10.2. The average molecular weight is 371 g/mol. The smallest absolute Gasteiger partial charge is 0.262 e. The van der Waals surface area contributed by atoms with Crippen molar-refractivity contribution in [2.75, 3.05) is 26.6 Å². The van der Waals surface area contributed by atoms with Crippen molar-refractivity contribution in [1.82, 2.24) is 5.43 Å². The van der Waals surface area contributed by atoms with Gasteiger partial charge in [-0.05, 0) is 43.7 Å². The molecule has 0 saturated heterocycles. The molecule has 2 N–H and O–H groups in total. The van der Waals surface area contributed by atoms with Crippen molar-refractivity contribution >= 4 is 17.8 Å². The molecule has 7 nitrogen and oxygen atoms in total. The van der Waals surface area contributed by atoms with E-state index in [1.54, 1.807) is 33.3 Å². The predicted octanol–water partition coefficient (Wildman–Crippen LogP) is 2.97. The van der Waals surface area contributed by atoms with E-state index in [0.717, 1.165) is 11.3 Å². The van der Waals surface area contributed by atoms with Crippen molar-refractivity contribution in [3.05, 3.63) is 47.5 Å². The first kappa shape index (κ1) is 20.1. The van der Waals surface area contributed by atoms with Crippen LogP contribution in [0.25, 0.3) is 0 Å². The number of carbonyl (C=O) groups is 1. The van der Waals surface area contributed by atoms with Gasteiger partial charge in [-0.25, -0.2) is 5.43 Å². The molecule has 0 aliphatic carbocycles. The van der Waals surface area contributed by atoms with E-state index in [4.69, 9.17) is 14.2 Å². The van der Waals surface area contributed by atoms with Crippen molar-refractivity contribution in [3.63, 3.8) is 0 Å². The maximum atomic E-state index is 12.2. The summed E-state index contributed by atoms with van der Waals surface area (Å²) in [7, 11) is 4.62. The Hall–Kier alpha value is -3.22. The largest absolute Gasteiger partial charge is 0.493 e. The van der Waals surface area contributed by atoms with Crippen molar-refractivity contribution in [1.29, 1.82) is 0 Å². The van der Waals surface area contributed by atoms with Crippen LogP contribution >= 0.6 is 0 Å². The number of carbonyl (C=O) groups excluding carboxylic acids is 1. The monoisotopic (exact) mass is 371 g/mol. The quantitative estimate of drug-likeness (QED) is 0.551. The third-order valence-electron chi connectivity index (χ3n) is 3.87. The Morgan fingerprint density at radius 3 is 2.30 bits per heavy atom. The minimum absolute atomic E-state index is 0.250. The summed E-state index contributed by atoms with van der Waals surface area (Å²) >= 11 is 0. The van der Waals surface area contributed by atoms with Gasteiger partial charge in [0.25, 0.3) is 5.91 Å². The zero-order chi connectivity index (χ0) is 19.8. The van der Waals surface area contributed by atoms with Crippen LogP contribution in [-0.2, 0) is 4.79 Å². The molecule has 0 aromatic heterocycles. The van der Waals surface area contributed by atoms with E-state index in [-0.39, 0.29) is 5.91 Å². The first-order valence-electron chi connectivity index (χ1n) is 8.44. The number of benzene rings is 2. The molecular weight excluding hydrogens is 346 g/mol. The highest BCUT2D eigenvalue weighted by molar-refractivity contribution is 5.87.